The van der Waals surface area contributed by atoms with E-state index in [1.54, 1.807) is 0 Å². The summed E-state index contributed by atoms with van der Waals surface area (Å²) in [6, 6.07) is 26.2. The Morgan fingerprint density at radius 1 is 0.724 bits per heavy atom. The highest BCUT2D eigenvalue weighted by Gasteiger charge is 2.43. The van der Waals surface area contributed by atoms with Gasteiger partial charge in [0.05, 0.1) is 37.6 Å². The molecule has 0 radical (unpaired) electrons. The number of carbonyl (C=O) groups excluding carboxylic acids is 2. The maximum absolute atomic E-state index is 13.2. The molecule has 9 nitrogen and oxygen atoms in total. The Morgan fingerprint density at radius 3 is 2.26 bits per heavy atom. The molecule has 9 heteroatoms. The van der Waals surface area contributed by atoms with Gasteiger partial charge in [-0.05, 0) is 152 Å². The van der Waals surface area contributed by atoms with Crippen LogP contribution in [0.5, 0.6) is 11.5 Å². The third-order valence-electron chi connectivity index (χ3n) is 11.7. The lowest BCUT2D eigenvalue weighted by atomic mass is 9.81. The van der Waals surface area contributed by atoms with Gasteiger partial charge in [-0.3, -0.25) is 0 Å². The van der Waals surface area contributed by atoms with Crippen molar-refractivity contribution in [3.63, 3.8) is 0 Å². The summed E-state index contributed by atoms with van der Waals surface area (Å²) in [5.41, 5.74) is 4.72. The first-order valence-electron chi connectivity index (χ1n) is 21.2. The highest BCUT2D eigenvalue weighted by atomic mass is 16.6. The predicted molar refractivity (Wildman–Crippen MR) is 226 cm³/mol. The molecular weight excluding hydrogens is 731 g/mol. The van der Waals surface area contributed by atoms with Gasteiger partial charge in [0.1, 0.15) is 17.6 Å². The van der Waals surface area contributed by atoms with E-state index in [1.807, 2.05) is 60.7 Å². The first kappa shape index (κ1) is 41.2. The van der Waals surface area contributed by atoms with Gasteiger partial charge in [0.2, 0.25) is 0 Å². The molecule has 0 aromatic heterocycles. The van der Waals surface area contributed by atoms with Crippen molar-refractivity contribution in [3.05, 3.63) is 108 Å². The minimum absolute atomic E-state index is 0.113. The number of epoxide rings is 1. The lowest BCUT2D eigenvalue weighted by Crippen LogP contribution is -2.24. The summed E-state index contributed by atoms with van der Waals surface area (Å²) in [6.07, 6.45) is 15.1. The Hall–Kier alpha value is -4.99. The van der Waals surface area contributed by atoms with Crippen LogP contribution in [0.15, 0.2) is 91.5 Å². The second kappa shape index (κ2) is 20.6. The Labute approximate surface area is 342 Å². The minimum atomic E-state index is -0.375. The molecular formula is C49H57NO8. The number of nitrogens with one attached hydrogen (secondary N) is 1. The van der Waals surface area contributed by atoms with Crippen molar-refractivity contribution < 1.29 is 38.0 Å². The normalized spacial score (nSPS) is 21.1. The second-order valence-electron chi connectivity index (χ2n) is 15.9. The van der Waals surface area contributed by atoms with Crippen molar-refractivity contribution in [2.24, 2.45) is 5.92 Å². The fourth-order valence-electron chi connectivity index (χ4n) is 8.34. The Bertz CT molecular complexity index is 2000. The zero-order valence-electron chi connectivity index (χ0n) is 33.5. The first-order valence-corrected chi connectivity index (χ1v) is 21.2. The Balaban J connectivity index is 0.812. The number of ether oxygens (including phenoxy) is 6. The third kappa shape index (κ3) is 11.6. The number of hydrogen-bond donors (Lipinski definition) is 1. The molecule has 58 heavy (non-hydrogen) atoms. The van der Waals surface area contributed by atoms with Crippen LogP contribution in [0.25, 0.3) is 21.9 Å². The fraction of sp³-hybridized carbons (Fsp3) is 0.449. The number of hydrogen-bond acceptors (Lipinski definition) is 9. The fourth-order valence-corrected chi connectivity index (χ4v) is 8.34. The van der Waals surface area contributed by atoms with Crippen molar-refractivity contribution in [1.29, 1.82) is 5.41 Å². The number of esters is 2. The van der Waals surface area contributed by atoms with Gasteiger partial charge < -0.3 is 33.8 Å². The summed E-state index contributed by atoms with van der Waals surface area (Å²) in [5.74, 6) is 1.96. The van der Waals surface area contributed by atoms with Gasteiger partial charge in [0.15, 0.2) is 0 Å². The van der Waals surface area contributed by atoms with Crippen molar-refractivity contribution in [3.8, 4) is 22.6 Å². The van der Waals surface area contributed by atoms with Gasteiger partial charge in [0.25, 0.3) is 0 Å². The molecule has 306 valence electrons. The zero-order chi connectivity index (χ0) is 40.1. The molecule has 3 fully saturated rings. The molecule has 3 unspecified atom stereocenters. The molecule has 7 rings (SSSR count). The molecule has 0 amide bonds. The summed E-state index contributed by atoms with van der Waals surface area (Å²) < 4.78 is 34.5. The largest absolute Gasteiger partial charge is 0.494 e. The van der Waals surface area contributed by atoms with Crippen LogP contribution in [0, 0.1) is 11.3 Å². The number of unbranched alkanes of at least 4 members (excludes halogenated alkanes) is 3. The molecule has 1 heterocycles. The summed E-state index contributed by atoms with van der Waals surface area (Å²) >= 11 is 0. The first-order chi connectivity index (χ1) is 28.4. The average molecular weight is 788 g/mol. The second-order valence-corrected chi connectivity index (χ2v) is 15.9. The number of carbonyl (C=O) groups is 2. The van der Waals surface area contributed by atoms with Crippen LogP contribution >= 0.6 is 0 Å². The molecule has 4 aromatic rings. The van der Waals surface area contributed by atoms with Gasteiger partial charge in [-0.25, -0.2) is 9.59 Å². The van der Waals surface area contributed by atoms with Crippen molar-refractivity contribution in [2.75, 3.05) is 33.0 Å². The highest BCUT2D eigenvalue weighted by molar-refractivity contribution is 5.96. The molecule has 2 saturated carbocycles. The monoisotopic (exact) mass is 787 g/mol. The molecule has 1 saturated heterocycles. The standard InChI is InChI=1S/C49H57NO8/c1-2-48(51)56-26-6-4-3-5-25-54-42-17-13-36(14-18-42)45-22-16-37(30-41(45)32-50)35-11-19-43(20-12-35)57-49(52)40-10-9-39-31-44(21-15-38(39)29-40)55-27-7-24-53-33-34-8-23-46-47(28-34)58-46/h2,9-10,13-18,21-22,29-32,34-35,43,46-47,50H,1,3-8,11-12,19-20,23-28,33H2. The average Bonchev–Trinajstić information content (AvgIpc) is 4.05. The van der Waals surface area contributed by atoms with Gasteiger partial charge in [-0.2, -0.15) is 0 Å². The SMILES string of the molecule is C=CC(=O)OCCCCCCOc1ccc(-c2ccc(C3CCC(OC(=O)c4ccc5cc(OCCCOCC6CCC7OC7C6)ccc5c4)CC3)cc2C=N)cc1. The summed E-state index contributed by atoms with van der Waals surface area (Å²) in [7, 11) is 0. The van der Waals surface area contributed by atoms with E-state index in [1.165, 1.54) is 30.7 Å². The Kier molecular flexibility index (Phi) is 14.6. The van der Waals surface area contributed by atoms with E-state index >= 15 is 0 Å². The van der Waals surface area contributed by atoms with E-state index in [0.29, 0.717) is 56.0 Å². The highest BCUT2D eigenvalue weighted by Crippen LogP contribution is 2.40. The maximum atomic E-state index is 13.2. The topological polar surface area (TPSA) is 117 Å². The lowest BCUT2D eigenvalue weighted by molar-refractivity contribution is -0.137. The Morgan fingerprint density at radius 2 is 1.47 bits per heavy atom. The lowest BCUT2D eigenvalue weighted by Gasteiger charge is -2.29. The van der Waals surface area contributed by atoms with Crippen molar-refractivity contribution in [1.82, 2.24) is 0 Å². The smallest absolute Gasteiger partial charge is 0.338 e. The van der Waals surface area contributed by atoms with E-state index < -0.39 is 0 Å². The van der Waals surface area contributed by atoms with E-state index in [-0.39, 0.29) is 18.0 Å². The summed E-state index contributed by atoms with van der Waals surface area (Å²) in [4.78, 5) is 24.3. The van der Waals surface area contributed by atoms with Gasteiger partial charge in [-0.15, -0.1) is 0 Å². The van der Waals surface area contributed by atoms with Crippen LogP contribution in [0.4, 0.5) is 0 Å². The molecule has 0 bridgehead atoms. The van der Waals surface area contributed by atoms with E-state index in [0.717, 1.165) is 110 Å². The van der Waals surface area contributed by atoms with Crippen molar-refractivity contribution >= 4 is 28.9 Å². The van der Waals surface area contributed by atoms with Gasteiger partial charge in [-0.1, -0.05) is 43.0 Å². The third-order valence-corrected chi connectivity index (χ3v) is 11.7. The molecule has 2 aliphatic carbocycles. The van der Waals surface area contributed by atoms with Crippen LogP contribution in [-0.2, 0) is 23.7 Å². The van der Waals surface area contributed by atoms with Crippen LogP contribution < -0.4 is 9.47 Å². The molecule has 3 atom stereocenters. The van der Waals surface area contributed by atoms with Crippen LogP contribution in [0.3, 0.4) is 0 Å². The molecule has 3 aliphatic rings. The number of fused-ring (bicyclic) bond motifs is 2. The van der Waals surface area contributed by atoms with Crippen LogP contribution in [-0.4, -0.2) is 69.5 Å². The quantitative estimate of drug-likeness (QED) is 0.0292. The van der Waals surface area contributed by atoms with E-state index in [9.17, 15) is 9.59 Å². The molecule has 1 N–H and O–H groups in total. The number of benzene rings is 4. The maximum Gasteiger partial charge on any atom is 0.338 e. The van der Waals surface area contributed by atoms with Crippen LogP contribution in [0.2, 0.25) is 0 Å². The zero-order valence-corrected chi connectivity index (χ0v) is 33.5. The van der Waals surface area contributed by atoms with Gasteiger partial charge >= 0.3 is 11.9 Å². The summed E-state index contributed by atoms with van der Waals surface area (Å²) in [6.45, 7) is 6.56. The van der Waals surface area contributed by atoms with Gasteiger partial charge in [0, 0.05) is 37.5 Å². The van der Waals surface area contributed by atoms with E-state index in [4.69, 9.17) is 33.8 Å². The molecule has 1 aliphatic heterocycles. The summed E-state index contributed by atoms with van der Waals surface area (Å²) in [5, 5.41) is 10.2. The minimum Gasteiger partial charge on any atom is -0.494 e. The van der Waals surface area contributed by atoms with E-state index in [2.05, 4.69) is 24.8 Å². The molecule has 4 aromatic carbocycles. The number of rotatable bonds is 21. The predicted octanol–water partition coefficient (Wildman–Crippen LogP) is 10.4. The van der Waals surface area contributed by atoms with Crippen LogP contribution in [0.1, 0.15) is 104 Å². The van der Waals surface area contributed by atoms with Crippen molar-refractivity contribution in [2.45, 2.75) is 101 Å². The molecule has 0 spiro atoms.